The normalized spacial score (nSPS) is 25.3. The zero-order valence-electron chi connectivity index (χ0n) is 12.0. The van der Waals surface area contributed by atoms with E-state index >= 15 is 0 Å². The second kappa shape index (κ2) is 5.05. The van der Waals surface area contributed by atoms with E-state index in [0.717, 1.165) is 19.3 Å². The highest BCUT2D eigenvalue weighted by atomic mass is 35.5. The van der Waals surface area contributed by atoms with Crippen molar-refractivity contribution in [3.8, 4) is 0 Å². The molecule has 2 fully saturated rings. The molecule has 1 N–H and O–H groups in total. The molecule has 21 heavy (non-hydrogen) atoms. The topological polar surface area (TPSA) is 62.5 Å². The molecule has 0 aromatic carbocycles. The highest BCUT2D eigenvalue weighted by Gasteiger charge is 2.49. The fraction of sp³-hybridized carbons (Fsp3) is 0.600. The number of nitrogens with zero attached hydrogens (tertiary/aromatic N) is 2. The lowest BCUT2D eigenvalue weighted by Gasteiger charge is -2.34. The van der Waals surface area contributed by atoms with Crippen LogP contribution in [0.4, 0.5) is 0 Å². The lowest BCUT2D eigenvalue weighted by molar-refractivity contribution is -0.148. The van der Waals surface area contributed by atoms with Crippen molar-refractivity contribution in [2.24, 2.45) is 0 Å². The number of carboxylic acids is 1. The van der Waals surface area contributed by atoms with Gasteiger partial charge in [0, 0.05) is 18.8 Å². The average Bonchev–Trinajstić information content (AvgIpc) is 3.08. The van der Waals surface area contributed by atoms with E-state index in [2.05, 4.69) is 0 Å². The Labute approximate surface area is 128 Å². The molecule has 2 heterocycles. The van der Waals surface area contributed by atoms with Crippen molar-refractivity contribution in [3.05, 3.63) is 23.0 Å². The van der Waals surface area contributed by atoms with E-state index < -0.39 is 11.5 Å². The number of carbonyl (C=O) groups is 2. The van der Waals surface area contributed by atoms with E-state index in [1.165, 1.54) is 4.90 Å². The van der Waals surface area contributed by atoms with Crippen molar-refractivity contribution in [2.75, 3.05) is 6.54 Å². The van der Waals surface area contributed by atoms with Gasteiger partial charge in [-0.15, -0.1) is 0 Å². The molecular weight excluding hydrogens is 292 g/mol. The Kier molecular flexibility index (Phi) is 3.48. The molecule has 1 aliphatic carbocycles. The van der Waals surface area contributed by atoms with Gasteiger partial charge in [0.05, 0.1) is 5.02 Å². The number of carboxylic acid groups (broad SMARTS) is 1. The van der Waals surface area contributed by atoms with Gasteiger partial charge in [-0.25, -0.2) is 4.79 Å². The number of likely N-dealkylation sites (tertiary alicyclic amines) is 1. The van der Waals surface area contributed by atoms with E-state index in [0.29, 0.717) is 36.1 Å². The van der Waals surface area contributed by atoms with Crippen LogP contribution >= 0.6 is 11.6 Å². The van der Waals surface area contributed by atoms with Crippen molar-refractivity contribution in [1.29, 1.82) is 0 Å². The predicted octanol–water partition coefficient (Wildman–Crippen LogP) is 2.95. The van der Waals surface area contributed by atoms with Gasteiger partial charge in [-0.1, -0.05) is 18.5 Å². The maximum atomic E-state index is 12.9. The molecule has 1 amide bonds. The van der Waals surface area contributed by atoms with E-state index in [-0.39, 0.29) is 5.91 Å². The van der Waals surface area contributed by atoms with Crippen molar-refractivity contribution in [3.63, 3.8) is 0 Å². The second-order valence-corrected chi connectivity index (χ2v) is 6.37. The van der Waals surface area contributed by atoms with Gasteiger partial charge in [-0.2, -0.15) is 0 Å². The largest absolute Gasteiger partial charge is 0.479 e. The third kappa shape index (κ3) is 2.24. The predicted molar refractivity (Wildman–Crippen MR) is 78.6 cm³/mol. The Morgan fingerprint density at radius 1 is 1.48 bits per heavy atom. The maximum Gasteiger partial charge on any atom is 0.329 e. The SMILES string of the molecule is CCC1(C(=O)O)CCCN1C(=O)c1cc(Cl)cn1C1CC1. The minimum Gasteiger partial charge on any atom is -0.479 e. The standard InChI is InChI=1S/C15H19ClN2O3/c1-2-15(14(20)21)6-3-7-18(15)13(19)12-8-10(16)9-17(12)11-4-5-11/h8-9,11H,2-7H2,1H3,(H,20,21). The Morgan fingerprint density at radius 2 is 2.19 bits per heavy atom. The number of halogens is 1. The summed E-state index contributed by atoms with van der Waals surface area (Å²) >= 11 is 6.05. The van der Waals surface area contributed by atoms with Crippen molar-refractivity contribution >= 4 is 23.5 Å². The molecule has 1 saturated heterocycles. The maximum absolute atomic E-state index is 12.9. The highest BCUT2D eigenvalue weighted by Crippen LogP contribution is 2.39. The van der Waals surface area contributed by atoms with Crippen LogP contribution in [0.15, 0.2) is 12.3 Å². The molecule has 1 aromatic heterocycles. The van der Waals surface area contributed by atoms with Crippen LogP contribution < -0.4 is 0 Å². The number of hydrogen-bond donors (Lipinski definition) is 1. The Balaban J connectivity index is 1.96. The smallest absolute Gasteiger partial charge is 0.329 e. The Bertz CT molecular complexity index is 594. The molecule has 1 atom stereocenters. The molecule has 0 bridgehead atoms. The molecule has 0 radical (unpaired) electrons. The summed E-state index contributed by atoms with van der Waals surface area (Å²) in [5.41, 5.74) is -0.550. The Hall–Kier alpha value is -1.49. The van der Waals surface area contributed by atoms with Crippen LogP contribution in [0.1, 0.15) is 55.6 Å². The number of rotatable bonds is 4. The minimum atomic E-state index is -1.07. The lowest BCUT2D eigenvalue weighted by atomic mass is 9.93. The number of aliphatic carboxylic acids is 1. The molecule has 1 aromatic rings. The molecule has 6 heteroatoms. The number of aromatic nitrogens is 1. The number of hydrogen-bond acceptors (Lipinski definition) is 2. The van der Waals surface area contributed by atoms with Crippen LogP contribution in [-0.2, 0) is 4.79 Å². The van der Waals surface area contributed by atoms with E-state index in [1.54, 1.807) is 12.3 Å². The van der Waals surface area contributed by atoms with E-state index in [1.807, 2.05) is 11.5 Å². The monoisotopic (exact) mass is 310 g/mol. The molecule has 1 unspecified atom stereocenters. The molecule has 1 saturated carbocycles. The molecular formula is C15H19ClN2O3. The molecule has 1 aliphatic heterocycles. The van der Waals surface area contributed by atoms with Crippen LogP contribution in [0.3, 0.4) is 0 Å². The first-order valence-electron chi connectivity index (χ1n) is 7.42. The first-order chi connectivity index (χ1) is 9.99. The fourth-order valence-electron chi connectivity index (χ4n) is 3.33. The van der Waals surface area contributed by atoms with Crippen molar-refractivity contribution < 1.29 is 14.7 Å². The second-order valence-electron chi connectivity index (χ2n) is 5.93. The number of amides is 1. The number of carbonyl (C=O) groups excluding carboxylic acids is 1. The van der Waals surface area contributed by atoms with Gasteiger partial charge in [0.15, 0.2) is 0 Å². The average molecular weight is 311 g/mol. The lowest BCUT2D eigenvalue weighted by Crippen LogP contribution is -2.53. The minimum absolute atomic E-state index is 0.212. The summed E-state index contributed by atoms with van der Waals surface area (Å²) < 4.78 is 1.91. The first-order valence-corrected chi connectivity index (χ1v) is 7.80. The van der Waals surface area contributed by atoms with Gasteiger partial charge in [-0.05, 0) is 38.2 Å². The summed E-state index contributed by atoms with van der Waals surface area (Å²) in [6.45, 7) is 2.32. The molecule has 3 rings (SSSR count). The summed E-state index contributed by atoms with van der Waals surface area (Å²) in [6, 6.07) is 1.99. The summed E-state index contributed by atoms with van der Waals surface area (Å²) in [5.74, 6) is -1.12. The zero-order chi connectivity index (χ0) is 15.2. The summed E-state index contributed by atoms with van der Waals surface area (Å²) in [4.78, 5) is 26.1. The van der Waals surface area contributed by atoms with Gasteiger partial charge in [0.2, 0.25) is 0 Å². The Morgan fingerprint density at radius 3 is 2.76 bits per heavy atom. The van der Waals surface area contributed by atoms with Gasteiger partial charge < -0.3 is 14.6 Å². The van der Waals surface area contributed by atoms with Gasteiger partial charge in [0.1, 0.15) is 11.2 Å². The quantitative estimate of drug-likeness (QED) is 0.930. The summed E-state index contributed by atoms with van der Waals surface area (Å²) in [6.07, 6.45) is 5.53. The molecule has 0 spiro atoms. The third-order valence-corrected chi connectivity index (χ3v) is 4.90. The van der Waals surface area contributed by atoms with Gasteiger partial charge >= 0.3 is 5.97 Å². The molecule has 114 valence electrons. The fourth-order valence-corrected chi connectivity index (χ4v) is 3.53. The molecule has 5 nitrogen and oxygen atoms in total. The molecule has 2 aliphatic rings. The van der Waals surface area contributed by atoms with Crippen molar-refractivity contribution in [1.82, 2.24) is 9.47 Å². The van der Waals surface area contributed by atoms with E-state index in [4.69, 9.17) is 11.6 Å². The van der Waals surface area contributed by atoms with E-state index in [9.17, 15) is 14.7 Å². The highest BCUT2D eigenvalue weighted by molar-refractivity contribution is 6.31. The van der Waals surface area contributed by atoms with Crippen LogP contribution in [0.2, 0.25) is 5.02 Å². The van der Waals surface area contributed by atoms with Gasteiger partial charge in [-0.3, -0.25) is 4.79 Å². The van der Waals surface area contributed by atoms with Crippen LogP contribution in [0.5, 0.6) is 0 Å². The van der Waals surface area contributed by atoms with Crippen LogP contribution in [0.25, 0.3) is 0 Å². The van der Waals surface area contributed by atoms with Crippen LogP contribution in [0, 0.1) is 0 Å². The summed E-state index contributed by atoms with van der Waals surface area (Å²) in [7, 11) is 0. The third-order valence-electron chi connectivity index (χ3n) is 4.69. The van der Waals surface area contributed by atoms with Crippen molar-refractivity contribution in [2.45, 2.75) is 50.6 Å². The van der Waals surface area contributed by atoms with Gasteiger partial charge in [0.25, 0.3) is 5.91 Å². The van der Waals surface area contributed by atoms with Crippen LogP contribution in [-0.4, -0.2) is 38.5 Å². The first kappa shape index (κ1) is 14.4. The zero-order valence-corrected chi connectivity index (χ0v) is 12.8. The summed E-state index contributed by atoms with van der Waals surface area (Å²) in [5, 5.41) is 10.1.